The largest absolute Gasteiger partial charge is 0.352 e. The Balaban J connectivity index is 1.40. The van der Waals surface area contributed by atoms with Crippen molar-refractivity contribution in [2.75, 3.05) is 13.1 Å². The van der Waals surface area contributed by atoms with Crippen LogP contribution in [-0.2, 0) is 22.7 Å². The van der Waals surface area contributed by atoms with E-state index >= 15 is 0 Å². The molecule has 2 N–H and O–H groups in total. The third-order valence-corrected chi connectivity index (χ3v) is 5.45. The van der Waals surface area contributed by atoms with E-state index in [-0.39, 0.29) is 23.8 Å². The van der Waals surface area contributed by atoms with Gasteiger partial charge in [-0.15, -0.1) is 0 Å². The number of benzene rings is 2. The van der Waals surface area contributed by atoms with Crippen LogP contribution in [-0.4, -0.2) is 35.8 Å². The molecule has 148 valence electrons. The van der Waals surface area contributed by atoms with Crippen LogP contribution in [0.15, 0.2) is 60.7 Å². The minimum atomic E-state index is -0.183. The minimum absolute atomic E-state index is 0.0274. The van der Waals surface area contributed by atoms with Crippen molar-refractivity contribution in [3.05, 3.63) is 71.8 Å². The number of hydrogen-bond acceptors (Lipinski definition) is 3. The van der Waals surface area contributed by atoms with E-state index in [1.54, 1.807) is 0 Å². The van der Waals surface area contributed by atoms with Crippen molar-refractivity contribution in [3.8, 4) is 0 Å². The zero-order valence-electron chi connectivity index (χ0n) is 16.4. The van der Waals surface area contributed by atoms with Crippen LogP contribution in [0, 0.1) is 5.92 Å². The van der Waals surface area contributed by atoms with Gasteiger partial charge in [0.1, 0.15) is 0 Å². The normalized spacial score (nSPS) is 16.3. The van der Waals surface area contributed by atoms with Gasteiger partial charge >= 0.3 is 0 Å². The summed E-state index contributed by atoms with van der Waals surface area (Å²) in [5, 5.41) is 6.05. The standard InChI is InChI=1S/C23H29N3O2/c1-18(22(27)24-16-19-8-4-2-5-9-19)26-14-12-21(13-15-26)23(28)25-17-20-10-6-3-7-11-20/h2-11,18,21H,12-17H2,1H3,(H,24,27)(H,25,28). The average Bonchev–Trinajstić information content (AvgIpc) is 2.77. The number of carbonyl (C=O) groups is 2. The van der Waals surface area contributed by atoms with Crippen LogP contribution in [0.1, 0.15) is 30.9 Å². The molecule has 1 atom stereocenters. The van der Waals surface area contributed by atoms with E-state index in [2.05, 4.69) is 15.5 Å². The quantitative estimate of drug-likeness (QED) is 0.778. The Hall–Kier alpha value is -2.66. The van der Waals surface area contributed by atoms with Gasteiger partial charge in [0.05, 0.1) is 6.04 Å². The molecule has 1 aliphatic rings. The van der Waals surface area contributed by atoms with Crippen molar-refractivity contribution in [2.45, 2.75) is 38.9 Å². The van der Waals surface area contributed by atoms with E-state index in [1.807, 2.05) is 67.6 Å². The van der Waals surface area contributed by atoms with E-state index in [9.17, 15) is 9.59 Å². The summed E-state index contributed by atoms with van der Waals surface area (Å²) in [7, 11) is 0. The second-order valence-corrected chi connectivity index (χ2v) is 7.39. The van der Waals surface area contributed by atoms with E-state index in [0.717, 1.165) is 37.1 Å². The molecule has 5 nitrogen and oxygen atoms in total. The smallest absolute Gasteiger partial charge is 0.237 e. The predicted molar refractivity (Wildman–Crippen MR) is 110 cm³/mol. The molecule has 5 heteroatoms. The summed E-state index contributed by atoms with van der Waals surface area (Å²) < 4.78 is 0. The lowest BCUT2D eigenvalue weighted by molar-refractivity contribution is -0.128. The van der Waals surface area contributed by atoms with Gasteiger partial charge in [-0.1, -0.05) is 60.7 Å². The number of nitrogens with one attached hydrogen (secondary N) is 2. The Morgan fingerprint density at radius 3 is 1.93 bits per heavy atom. The third kappa shape index (κ3) is 5.67. The van der Waals surface area contributed by atoms with Gasteiger partial charge in [0, 0.05) is 19.0 Å². The van der Waals surface area contributed by atoms with Gasteiger partial charge in [0.2, 0.25) is 11.8 Å². The monoisotopic (exact) mass is 379 g/mol. The van der Waals surface area contributed by atoms with E-state index in [1.165, 1.54) is 0 Å². The first-order valence-corrected chi connectivity index (χ1v) is 10.0. The second-order valence-electron chi connectivity index (χ2n) is 7.39. The first-order valence-electron chi connectivity index (χ1n) is 10.0. The molecule has 28 heavy (non-hydrogen) atoms. The van der Waals surface area contributed by atoms with Crippen molar-refractivity contribution in [3.63, 3.8) is 0 Å². The number of likely N-dealkylation sites (tertiary alicyclic amines) is 1. The topological polar surface area (TPSA) is 61.4 Å². The highest BCUT2D eigenvalue weighted by Crippen LogP contribution is 2.19. The van der Waals surface area contributed by atoms with Crippen LogP contribution in [0.3, 0.4) is 0 Å². The number of hydrogen-bond donors (Lipinski definition) is 2. The highest BCUT2D eigenvalue weighted by molar-refractivity contribution is 5.81. The SMILES string of the molecule is CC(C(=O)NCc1ccccc1)N1CCC(C(=O)NCc2ccccc2)CC1. The van der Waals surface area contributed by atoms with Crippen LogP contribution in [0.4, 0.5) is 0 Å². The summed E-state index contributed by atoms with van der Waals surface area (Å²) >= 11 is 0. The minimum Gasteiger partial charge on any atom is -0.352 e. The summed E-state index contributed by atoms with van der Waals surface area (Å²) in [6.07, 6.45) is 1.58. The molecule has 0 bridgehead atoms. The zero-order valence-corrected chi connectivity index (χ0v) is 16.4. The third-order valence-electron chi connectivity index (χ3n) is 5.45. The van der Waals surface area contributed by atoms with Crippen LogP contribution in [0.25, 0.3) is 0 Å². The zero-order chi connectivity index (χ0) is 19.8. The van der Waals surface area contributed by atoms with Crippen molar-refractivity contribution < 1.29 is 9.59 Å². The lowest BCUT2D eigenvalue weighted by Crippen LogP contribution is -2.49. The van der Waals surface area contributed by atoms with Crippen LogP contribution in [0.2, 0.25) is 0 Å². The van der Waals surface area contributed by atoms with Crippen LogP contribution >= 0.6 is 0 Å². The molecule has 2 aromatic carbocycles. The fourth-order valence-corrected chi connectivity index (χ4v) is 3.58. The maximum atomic E-state index is 12.5. The maximum absolute atomic E-state index is 12.5. The lowest BCUT2D eigenvalue weighted by atomic mass is 9.94. The summed E-state index contributed by atoms with van der Waals surface area (Å²) in [6.45, 7) is 4.59. The van der Waals surface area contributed by atoms with Crippen molar-refractivity contribution in [1.29, 1.82) is 0 Å². The van der Waals surface area contributed by atoms with Gasteiger partial charge < -0.3 is 10.6 Å². The number of rotatable bonds is 7. The highest BCUT2D eigenvalue weighted by atomic mass is 16.2. The van der Waals surface area contributed by atoms with E-state index in [4.69, 9.17) is 0 Å². The average molecular weight is 380 g/mol. The summed E-state index contributed by atoms with van der Waals surface area (Å²) in [4.78, 5) is 27.1. The molecule has 1 aliphatic heterocycles. The Labute approximate surface area is 167 Å². The van der Waals surface area contributed by atoms with Crippen molar-refractivity contribution in [1.82, 2.24) is 15.5 Å². The molecule has 2 aromatic rings. The van der Waals surface area contributed by atoms with Crippen LogP contribution < -0.4 is 10.6 Å². The predicted octanol–water partition coefficient (Wildman–Crippen LogP) is 2.72. The van der Waals surface area contributed by atoms with Crippen LogP contribution in [0.5, 0.6) is 0 Å². The van der Waals surface area contributed by atoms with Gasteiger partial charge in [-0.2, -0.15) is 0 Å². The van der Waals surface area contributed by atoms with Gasteiger partial charge in [-0.25, -0.2) is 0 Å². The highest BCUT2D eigenvalue weighted by Gasteiger charge is 2.29. The molecule has 0 saturated carbocycles. The Morgan fingerprint density at radius 1 is 0.893 bits per heavy atom. The van der Waals surface area contributed by atoms with Crippen molar-refractivity contribution in [2.24, 2.45) is 5.92 Å². The van der Waals surface area contributed by atoms with E-state index < -0.39 is 0 Å². The first kappa shape index (κ1) is 20.1. The molecule has 0 radical (unpaired) electrons. The number of piperidine rings is 1. The number of carbonyl (C=O) groups excluding carboxylic acids is 2. The van der Waals surface area contributed by atoms with Gasteiger partial charge in [-0.05, 0) is 44.0 Å². The molecular weight excluding hydrogens is 350 g/mol. The molecule has 3 rings (SSSR count). The number of nitrogens with zero attached hydrogens (tertiary/aromatic N) is 1. The molecule has 0 aromatic heterocycles. The fourth-order valence-electron chi connectivity index (χ4n) is 3.58. The second kappa shape index (κ2) is 10.0. The van der Waals surface area contributed by atoms with E-state index in [0.29, 0.717) is 13.1 Å². The number of amides is 2. The molecule has 0 spiro atoms. The molecule has 0 aliphatic carbocycles. The lowest BCUT2D eigenvalue weighted by Gasteiger charge is -2.34. The Morgan fingerprint density at radius 2 is 1.39 bits per heavy atom. The molecule has 1 fully saturated rings. The van der Waals surface area contributed by atoms with Gasteiger partial charge in [-0.3, -0.25) is 14.5 Å². The summed E-state index contributed by atoms with van der Waals surface area (Å²) in [5.41, 5.74) is 2.20. The Kier molecular flexibility index (Phi) is 7.20. The maximum Gasteiger partial charge on any atom is 0.237 e. The molecule has 1 unspecified atom stereocenters. The fraction of sp³-hybridized carbons (Fsp3) is 0.391. The Bertz CT molecular complexity index is 756. The van der Waals surface area contributed by atoms with Gasteiger partial charge in [0.15, 0.2) is 0 Å². The molecule has 1 saturated heterocycles. The molecule has 1 heterocycles. The molecular formula is C23H29N3O2. The van der Waals surface area contributed by atoms with Crippen molar-refractivity contribution >= 4 is 11.8 Å². The molecule has 2 amide bonds. The first-order chi connectivity index (χ1) is 13.6. The summed E-state index contributed by atoms with van der Waals surface area (Å²) in [6, 6.07) is 19.7. The summed E-state index contributed by atoms with van der Waals surface area (Å²) in [5.74, 6) is 0.181. The van der Waals surface area contributed by atoms with Gasteiger partial charge in [0.25, 0.3) is 0 Å².